The summed E-state index contributed by atoms with van der Waals surface area (Å²) in [6.07, 6.45) is 5.43. The molecule has 4 heterocycles. The van der Waals surface area contributed by atoms with E-state index in [1.165, 1.54) is 13.2 Å². The monoisotopic (exact) mass is 743 g/mol. The lowest BCUT2D eigenvalue weighted by molar-refractivity contribution is 0.0512. The van der Waals surface area contributed by atoms with Crippen molar-refractivity contribution in [1.82, 2.24) is 20.3 Å². The second kappa shape index (κ2) is 14.7. The van der Waals surface area contributed by atoms with Crippen molar-refractivity contribution in [2.75, 3.05) is 45.1 Å². The third-order valence-corrected chi connectivity index (χ3v) is 18.2. The van der Waals surface area contributed by atoms with Crippen LogP contribution in [0.2, 0.25) is 16.6 Å². The highest BCUT2D eigenvalue weighted by molar-refractivity contribution is 6.90. The highest BCUT2D eigenvalue weighted by atomic mass is 28.3. The van der Waals surface area contributed by atoms with E-state index in [4.69, 9.17) is 24.2 Å². The molecular formula is C41H51F2N5O4Si. The van der Waals surface area contributed by atoms with Crippen LogP contribution in [0.4, 0.5) is 14.6 Å². The number of aliphatic hydroxyl groups is 1. The van der Waals surface area contributed by atoms with Gasteiger partial charge < -0.3 is 29.5 Å². The van der Waals surface area contributed by atoms with Crippen molar-refractivity contribution in [2.45, 2.75) is 95.9 Å². The normalized spacial score (nSPS) is 19.4. The Morgan fingerprint density at radius 1 is 1.00 bits per heavy atom. The Kier molecular flexibility index (Phi) is 10.4. The maximum absolute atomic E-state index is 17.4. The van der Waals surface area contributed by atoms with E-state index in [2.05, 4.69) is 68.2 Å². The first-order chi connectivity index (χ1) is 25.4. The van der Waals surface area contributed by atoms with Gasteiger partial charge in [0.05, 0.1) is 24.2 Å². The van der Waals surface area contributed by atoms with Gasteiger partial charge in [-0.05, 0) is 65.9 Å². The number of fused-ring (bicyclic) bond motifs is 4. The maximum Gasteiger partial charge on any atom is 0.319 e. The lowest BCUT2D eigenvalue weighted by Crippen LogP contribution is -2.51. The zero-order chi connectivity index (χ0) is 37.7. The van der Waals surface area contributed by atoms with Crippen LogP contribution in [-0.4, -0.2) is 80.4 Å². The predicted octanol–water partition coefficient (Wildman–Crippen LogP) is 7.77. The molecule has 0 spiro atoms. The van der Waals surface area contributed by atoms with E-state index in [-0.39, 0.29) is 48.2 Å². The van der Waals surface area contributed by atoms with Crippen LogP contribution in [0.15, 0.2) is 30.5 Å². The molecule has 2 unspecified atom stereocenters. The minimum absolute atomic E-state index is 0.00246. The zero-order valence-corrected chi connectivity index (χ0v) is 32.9. The molecule has 7 rings (SSSR count). The molecule has 2 aromatic heterocycles. The smallest absolute Gasteiger partial charge is 0.319 e. The van der Waals surface area contributed by atoms with Gasteiger partial charge in [-0.25, -0.2) is 8.78 Å². The number of nitrogens with one attached hydrogen (secondary N) is 1. The fraction of sp³-hybridized carbons (Fsp3) is 0.537. The van der Waals surface area contributed by atoms with Gasteiger partial charge >= 0.3 is 6.01 Å². The summed E-state index contributed by atoms with van der Waals surface area (Å²) in [6, 6.07) is 7.20. The molecule has 2 bridgehead atoms. The molecule has 2 saturated heterocycles. The molecule has 1 aliphatic carbocycles. The molecule has 2 aromatic carbocycles. The van der Waals surface area contributed by atoms with Crippen molar-refractivity contribution in [2.24, 2.45) is 5.41 Å². The first kappa shape index (κ1) is 37.4. The summed E-state index contributed by atoms with van der Waals surface area (Å²) in [5.74, 6) is 3.15. The molecule has 53 heavy (non-hydrogen) atoms. The maximum atomic E-state index is 17.4. The second-order valence-electron chi connectivity index (χ2n) is 16.2. The number of aromatic nitrogens is 3. The summed E-state index contributed by atoms with van der Waals surface area (Å²) in [5, 5.41) is 15.1. The first-order valence-electron chi connectivity index (χ1n) is 18.9. The summed E-state index contributed by atoms with van der Waals surface area (Å²) in [5.41, 5.74) is 4.95. The van der Waals surface area contributed by atoms with Gasteiger partial charge in [0.1, 0.15) is 36.7 Å². The van der Waals surface area contributed by atoms with Gasteiger partial charge in [-0.3, -0.25) is 4.98 Å². The van der Waals surface area contributed by atoms with E-state index >= 15 is 8.78 Å². The van der Waals surface area contributed by atoms with Crippen molar-refractivity contribution in [3.8, 4) is 34.5 Å². The number of piperazine rings is 1. The van der Waals surface area contributed by atoms with Crippen molar-refractivity contribution in [3.05, 3.63) is 47.7 Å². The summed E-state index contributed by atoms with van der Waals surface area (Å²) in [4.78, 5) is 16.4. The van der Waals surface area contributed by atoms with E-state index in [0.717, 1.165) is 25.7 Å². The Labute approximate surface area is 311 Å². The number of hydrogen-bond acceptors (Lipinski definition) is 9. The number of methoxy groups -OCH3 is 1. The Morgan fingerprint density at radius 2 is 1.70 bits per heavy atom. The van der Waals surface area contributed by atoms with E-state index in [9.17, 15) is 5.11 Å². The lowest BCUT2D eigenvalue weighted by atomic mass is 9.95. The number of anilines is 1. The Bertz CT molecular complexity index is 2050. The number of pyridine rings is 1. The largest absolute Gasteiger partial charge is 0.468 e. The predicted molar refractivity (Wildman–Crippen MR) is 207 cm³/mol. The average molecular weight is 744 g/mol. The molecule has 2 atom stereocenters. The third-order valence-electron chi connectivity index (χ3n) is 11.9. The Hall–Kier alpha value is -3.89. The number of halogens is 2. The van der Waals surface area contributed by atoms with Crippen LogP contribution >= 0.6 is 0 Å². The van der Waals surface area contributed by atoms with Crippen molar-refractivity contribution in [3.63, 3.8) is 0 Å². The topological polar surface area (TPSA) is 102 Å². The molecule has 2 N–H and O–H groups in total. The molecule has 3 fully saturated rings. The average Bonchev–Trinajstić information content (AvgIpc) is 3.85. The van der Waals surface area contributed by atoms with Crippen molar-refractivity contribution < 1.29 is 28.1 Å². The fourth-order valence-corrected chi connectivity index (χ4v) is 14.0. The Morgan fingerprint density at radius 3 is 2.32 bits per heavy atom. The van der Waals surface area contributed by atoms with E-state index in [1.807, 2.05) is 0 Å². The number of rotatable bonds is 12. The molecule has 1 saturated carbocycles. The van der Waals surface area contributed by atoms with Crippen molar-refractivity contribution in [1.29, 1.82) is 0 Å². The van der Waals surface area contributed by atoms with Crippen LogP contribution in [0, 0.1) is 28.5 Å². The number of nitrogens with zero attached hydrogens (tertiary/aromatic N) is 4. The number of benzene rings is 2. The minimum Gasteiger partial charge on any atom is -0.468 e. The molecule has 0 amide bonds. The SMILES string of the molecule is COCOc1cc(-c2ncc3c(N4CC5CCC(C4)N5)nc(OCC4(CO)CC4)nc3c2F)c2c(C#C[Si](C(C)C)(C(C)C)C(C)C)c(F)ccc2c1. The van der Waals surface area contributed by atoms with Crippen LogP contribution in [0.1, 0.15) is 72.8 Å². The van der Waals surface area contributed by atoms with Crippen LogP contribution in [-0.2, 0) is 4.74 Å². The third kappa shape index (κ3) is 6.97. The summed E-state index contributed by atoms with van der Waals surface area (Å²) in [6.45, 7) is 14.9. The number of hydrogen-bond donors (Lipinski definition) is 2. The van der Waals surface area contributed by atoms with Gasteiger partial charge in [-0.2, -0.15) is 9.97 Å². The van der Waals surface area contributed by atoms with Crippen LogP contribution < -0.4 is 19.7 Å². The number of ether oxygens (including phenoxy) is 3. The molecule has 9 nitrogen and oxygen atoms in total. The lowest BCUT2D eigenvalue weighted by Gasteiger charge is -2.38. The summed E-state index contributed by atoms with van der Waals surface area (Å²) < 4.78 is 50.7. The van der Waals surface area contributed by atoms with Gasteiger partial charge in [0.25, 0.3) is 0 Å². The van der Waals surface area contributed by atoms with Gasteiger partial charge in [0.2, 0.25) is 0 Å². The molecule has 3 aliphatic rings. The highest BCUT2D eigenvalue weighted by Crippen LogP contribution is 2.46. The standard InChI is InChI=1S/C41H51F2N5O4Si/c1-24(2)53(25(3)4,26(5)6)15-12-31-34(42)11-8-27-16-30(52-23-50-7)17-32(35(27)31)37-36(43)38-33(18-44-37)39(48-19-28-9-10-29(20-48)45-28)47-40(46-38)51-22-41(21-49)13-14-41/h8,11,16-18,24-26,28-29,45,49H,9-10,13-14,19-23H2,1-7H3. The van der Waals surface area contributed by atoms with E-state index in [1.54, 1.807) is 24.4 Å². The fourth-order valence-electron chi connectivity index (χ4n) is 8.76. The van der Waals surface area contributed by atoms with Crippen LogP contribution in [0.5, 0.6) is 11.8 Å². The number of aliphatic hydroxyl groups excluding tert-OH is 1. The van der Waals surface area contributed by atoms with Gasteiger partial charge in [0, 0.05) is 54.8 Å². The van der Waals surface area contributed by atoms with Gasteiger partial charge in [0.15, 0.2) is 12.6 Å². The molecule has 2 aliphatic heterocycles. The molecule has 282 valence electrons. The van der Waals surface area contributed by atoms with Crippen molar-refractivity contribution >= 4 is 35.6 Å². The zero-order valence-electron chi connectivity index (χ0n) is 31.9. The first-order valence-corrected chi connectivity index (χ1v) is 21.1. The molecular weight excluding hydrogens is 693 g/mol. The quantitative estimate of drug-likeness (QED) is 0.0857. The highest BCUT2D eigenvalue weighted by Gasteiger charge is 2.44. The van der Waals surface area contributed by atoms with Crippen LogP contribution in [0.3, 0.4) is 0 Å². The molecule has 12 heteroatoms. The van der Waals surface area contributed by atoms with Gasteiger partial charge in [-0.1, -0.05) is 53.5 Å². The van der Waals surface area contributed by atoms with E-state index < -0.39 is 19.7 Å². The molecule has 0 radical (unpaired) electrons. The van der Waals surface area contributed by atoms with Crippen LogP contribution in [0.25, 0.3) is 32.9 Å². The summed E-state index contributed by atoms with van der Waals surface area (Å²) in [7, 11) is -0.738. The molecule has 4 aromatic rings. The second-order valence-corrected chi connectivity index (χ2v) is 21.8. The van der Waals surface area contributed by atoms with Gasteiger partial charge in [-0.15, -0.1) is 5.54 Å². The Balaban J connectivity index is 1.44. The van der Waals surface area contributed by atoms with E-state index in [0.29, 0.717) is 75.1 Å². The summed E-state index contributed by atoms with van der Waals surface area (Å²) >= 11 is 0. The minimum atomic E-state index is -2.26.